The number of piperazine rings is 1. The molecule has 0 bridgehead atoms. The summed E-state index contributed by atoms with van der Waals surface area (Å²) in [5, 5.41) is 2.88. The lowest BCUT2D eigenvalue weighted by Gasteiger charge is -2.40. The highest BCUT2D eigenvalue weighted by Crippen LogP contribution is 2.19. The van der Waals surface area contributed by atoms with Gasteiger partial charge in [-0.1, -0.05) is 34.1 Å². The summed E-state index contributed by atoms with van der Waals surface area (Å²) in [5.41, 5.74) is 0. The number of thioether (sulfide) groups is 1. The molecule has 2 unspecified atom stereocenters. The average molecular weight is 286 g/mol. The number of amides is 2. The number of hydrogen-bond acceptors (Lipinski definition) is 3. The number of nitrogens with zero attached hydrogens (tertiary/aromatic N) is 1. The predicted octanol–water partition coefficient (Wildman–Crippen LogP) is 1.89. The van der Waals surface area contributed by atoms with Gasteiger partial charge in [-0.2, -0.15) is 11.8 Å². The summed E-state index contributed by atoms with van der Waals surface area (Å²) in [4.78, 5) is 26.5. The molecule has 1 heterocycles. The Morgan fingerprint density at radius 3 is 2.53 bits per heavy atom. The predicted molar refractivity (Wildman–Crippen MR) is 80.2 cm³/mol. The highest BCUT2D eigenvalue weighted by Gasteiger charge is 2.40. The maximum atomic E-state index is 12.5. The zero-order chi connectivity index (χ0) is 14.4. The van der Waals surface area contributed by atoms with E-state index in [9.17, 15) is 9.59 Å². The van der Waals surface area contributed by atoms with E-state index in [1.165, 1.54) is 0 Å². The molecule has 4 nitrogen and oxygen atoms in total. The molecule has 5 heteroatoms. The van der Waals surface area contributed by atoms with Gasteiger partial charge in [0, 0.05) is 12.3 Å². The molecule has 1 aliphatic heterocycles. The molecule has 0 radical (unpaired) electrons. The van der Waals surface area contributed by atoms with E-state index in [1.807, 2.05) is 32.5 Å². The van der Waals surface area contributed by atoms with E-state index in [1.54, 1.807) is 4.90 Å². The normalized spacial score (nSPS) is 23.9. The van der Waals surface area contributed by atoms with E-state index in [0.717, 1.165) is 24.3 Å². The van der Waals surface area contributed by atoms with Crippen molar-refractivity contribution in [1.82, 2.24) is 10.2 Å². The van der Waals surface area contributed by atoms with Gasteiger partial charge in [0.25, 0.3) is 0 Å². The van der Waals surface area contributed by atoms with E-state index in [-0.39, 0.29) is 29.8 Å². The van der Waals surface area contributed by atoms with Gasteiger partial charge in [0.05, 0.1) is 0 Å². The first-order valence-electron chi connectivity index (χ1n) is 7.21. The molecule has 0 aromatic heterocycles. The fourth-order valence-electron chi connectivity index (χ4n) is 2.37. The Morgan fingerprint density at radius 1 is 1.32 bits per heavy atom. The molecular weight excluding hydrogens is 260 g/mol. The minimum atomic E-state index is -0.354. The van der Waals surface area contributed by atoms with Crippen LogP contribution in [-0.2, 0) is 9.59 Å². The summed E-state index contributed by atoms with van der Waals surface area (Å²) in [5.74, 6) is 2.19. The van der Waals surface area contributed by atoms with Crippen LogP contribution in [0, 0.1) is 5.92 Å². The lowest BCUT2D eigenvalue weighted by atomic mass is 9.96. The van der Waals surface area contributed by atoms with Crippen LogP contribution in [0.1, 0.15) is 40.5 Å². The Hall–Kier alpha value is -0.710. The molecule has 19 heavy (non-hydrogen) atoms. The van der Waals surface area contributed by atoms with Crippen molar-refractivity contribution in [3.63, 3.8) is 0 Å². The Balaban J connectivity index is 2.80. The van der Waals surface area contributed by atoms with Gasteiger partial charge in [0.2, 0.25) is 11.8 Å². The Bertz CT molecular complexity index is 321. The quantitative estimate of drug-likeness (QED) is 0.727. The SMILES string of the molecule is CCCC1C(=O)NC(C(C)C)C(=O)N1CCSCC. The van der Waals surface area contributed by atoms with Crippen LogP contribution in [0.15, 0.2) is 0 Å². The molecule has 0 spiro atoms. The first-order chi connectivity index (χ1) is 9.02. The third-order valence-electron chi connectivity index (χ3n) is 3.44. The van der Waals surface area contributed by atoms with Crippen LogP contribution >= 0.6 is 11.8 Å². The zero-order valence-electron chi connectivity index (χ0n) is 12.4. The maximum Gasteiger partial charge on any atom is 0.246 e. The van der Waals surface area contributed by atoms with E-state index in [2.05, 4.69) is 12.2 Å². The standard InChI is InChI=1S/C14H26N2O2S/c1-5-7-11-13(17)15-12(10(3)4)14(18)16(11)8-9-19-6-2/h10-12H,5-9H2,1-4H3,(H,15,17). The average Bonchev–Trinajstić information content (AvgIpc) is 2.36. The lowest BCUT2D eigenvalue weighted by molar-refractivity contribution is -0.150. The first kappa shape index (κ1) is 16.3. The second kappa shape index (κ2) is 7.78. The van der Waals surface area contributed by atoms with Crippen LogP contribution < -0.4 is 5.32 Å². The van der Waals surface area contributed by atoms with Crippen LogP contribution in [0.2, 0.25) is 0 Å². The second-order valence-corrected chi connectivity index (χ2v) is 6.66. The highest BCUT2D eigenvalue weighted by molar-refractivity contribution is 7.99. The molecular formula is C14H26N2O2S. The first-order valence-corrected chi connectivity index (χ1v) is 8.36. The monoisotopic (exact) mass is 286 g/mol. The highest BCUT2D eigenvalue weighted by atomic mass is 32.2. The topological polar surface area (TPSA) is 49.4 Å². The van der Waals surface area contributed by atoms with Crippen LogP contribution in [0.5, 0.6) is 0 Å². The van der Waals surface area contributed by atoms with E-state index < -0.39 is 0 Å². The summed E-state index contributed by atoms with van der Waals surface area (Å²) < 4.78 is 0. The molecule has 0 saturated carbocycles. The third kappa shape index (κ3) is 4.13. The molecule has 0 aliphatic carbocycles. The van der Waals surface area contributed by atoms with Crippen molar-refractivity contribution in [3.8, 4) is 0 Å². The Morgan fingerprint density at radius 2 is 2.00 bits per heavy atom. The zero-order valence-corrected chi connectivity index (χ0v) is 13.3. The van der Waals surface area contributed by atoms with Crippen molar-refractivity contribution >= 4 is 23.6 Å². The van der Waals surface area contributed by atoms with Gasteiger partial charge in [0.1, 0.15) is 12.1 Å². The lowest BCUT2D eigenvalue weighted by Crippen LogP contribution is -2.65. The third-order valence-corrected chi connectivity index (χ3v) is 4.31. The van der Waals surface area contributed by atoms with E-state index >= 15 is 0 Å². The molecule has 2 atom stereocenters. The Kier molecular flexibility index (Phi) is 6.69. The molecule has 1 saturated heterocycles. The van der Waals surface area contributed by atoms with Gasteiger partial charge in [-0.15, -0.1) is 0 Å². The summed E-state index contributed by atoms with van der Waals surface area (Å²) >= 11 is 1.81. The van der Waals surface area contributed by atoms with Gasteiger partial charge >= 0.3 is 0 Å². The van der Waals surface area contributed by atoms with Gasteiger partial charge in [0.15, 0.2) is 0 Å². The summed E-state index contributed by atoms with van der Waals surface area (Å²) in [7, 11) is 0. The number of nitrogens with one attached hydrogen (secondary N) is 1. The van der Waals surface area contributed by atoms with E-state index in [0.29, 0.717) is 6.54 Å². The van der Waals surface area contributed by atoms with Crippen LogP contribution in [0.25, 0.3) is 0 Å². The number of carbonyl (C=O) groups excluding carboxylic acids is 2. The van der Waals surface area contributed by atoms with Crippen molar-refractivity contribution in [1.29, 1.82) is 0 Å². The van der Waals surface area contributed by atoms with Gasteiger partial charge < -0.3 is 10.2 Å². The summed E-state index contributed by atoms with van der Waals surface area (Å²) in [6.07, 6.45) is 1.66. The van der Waals surface area contributed by atoms with Crippen molar-refractivity contribution in [2.24, 2.45) is 5.92 Å². The fourth-order valence-corrected chi connectivity index (χ4v) is 2.98. The molecule has 0 aromatic carbocycles. The molecule has 110 valence electrons. The minimum absolute atomic E-state index is 0.0154. The van der Waals surface area contributed by atoms with Gasteiger partial charge in [-0.25, -0.2) is 0 Å². The minimum Gasteiger partial charge on any atom is -0.342 e. The molecule has 1 rings (SSSR count). The number of carbonyl (C=O) groups is 2. The molecule has 1 N–H and O–H groups in total. The van der Waals surface area contributed by atoms with Crippen molar-refractivity contribution in [2.75, 3.05) is 18.1 Å². The second-order valence-electron chi connectivity index (χ2n) is 5.26. The van der Waals surface area contributed by atoms with Crippen molar-refractivity contribution < 1.29 is 9.59 Å². The molecule has 1 aliphatic rings. The maximum absolute atomic E-state index is 12.5. The Labute approximate surface area is 120 Å². The largest absolute Gasteiger partial charge is 0.342 e. The molecule has 2 amide bonds. The van der Waals surface area contributed by atoms with Gasteiger partial charge in [-0.05, 0) is 18.1 Å². The number of rotatable bonds is 7. The van der Waals surface area contributed by atoms with Crippen molar-refractivity contribution in [2.45, 2.75) is 52.6 Å². The van der Waals surface area contributed by atoms with Gasteiger partial charge in [-0.3, -0.25) is 9.59 Å². The number of hydrogen-bond donors (Lipinski definition) is 1. The van der Waals surface area contributed by atoms with Crippen LogP contribution in [0.4, 0.5) is 0 Å². The summed E-state index contributed by atoms with van der Waals surface area (Å²) in [6, 6.07) is -0.628. The van der Waals surface area contributed by atoms with Crippen LogP contribution in [0.3, 0.4) is 0 Å². The fraction of sp³-hybridized carbons (Fsp3) is 0.857. The summed E-state index contributed by atoms with van der Waals surface area (Å²) in [6.45, 7) is 8.78. The molecule has 0 aromatic rings. The van der Waals surface area contributed by atoms with Crippen molar-refractivity contribution in [3.05, 3.63) is 0 Å². The van der Waals surface area contributed by atoms with Crippen LogP contribution in [-0.4, -0.2) is 46.8 Å². The molecule has 1 fully saturated rings. The van der Waals surface area contributed by atoms with E-state index in [4.69, 9.17) is 0 Å². The smallest absolute Gasteiger partial charge is 0.246 e.